The van der Waals surface area contributed by atoms with E-state index in [1.54, 1.807) is 6.20 Å². The largest absolute Gasteiger partial charge is 0.374 e. The Morgan fingerprint density at radius 1 is 1.29 bits per heavy atom. The molecule has 4 rings (SSSR count). The molecule has 2 aliphatic rings. The number of ether oxygens (including phenoxy) is 1. The van der Waals surface area contributed by atoms with E-state index < -0.39 is 0 Å². The van der Waals surface area contributed by atoms with E-state index in [0.29, 0.717) is 5.92 Å². The zero-order chi connectivity index (χ0) is 16.4. The molecule has 2 fully saturated rings. The first-order valence-electron chi connectivity index (χ1n) is 8.53. The van der Waals surface area contributed by atoms with Gasteiger partial charge in [0.05, 0.1) is 19.3 Å². The van der Waals surface area contributed by atoms with Gasteiger partial charge in [0, 0.05) is 38.8 Å². The maximum absolute atomic E-state index is 5.86. The number of hydrogen-bond donors (Lipinski definition) is 1. The average Bonchev–Trinajstić information content (AvgIpc) is 3.40. The number of hydrogen-bond acceptors (Lipinski definition) is 7. The van der Waals surface area contributed by atoms with Crippen LogP contribution < -0.4 is 5.32 Å². The lowest BCUT2D eigenvalue weighted by atomic mass is 10.2. The van der Waals surface area contributed by atoms with Crippen LogP contribution in [-0.4, -0.2) is 62.2 Å². The predicted octanol–water partition coefficient (Wildman–Crippen LogP) is 0.795. The molecule has 1 saturated carbocycles. The molecule has 1 aliphatic carbocycles. The number of aromatic nitrogens is 5. The molecule has 1 atom stereocenters. The van der Waals surface area contributed by atoms with Gasteiger partial charge in [-0.3, -0.25) is 4.90 Å². The lowest BCUT2D eigenvalue weighted by molar-refractivity contribution is -0.0251. The van der Waals surface area contributed by atoms with Crippen LogP contribution in [0.3, 0.4) is 0 Å². The third-order valence-corrected chi connectivity index (χ3v) is 4.61. The van der Waals surface area contributed by atoms with E-state index in [2.05, 4.69) is 42.2 Å². The summed E-state index contributed by atoms with van der Waals surface area (Å²) in [6.07, 6.45) is 4.30. The van der Waals surface area contributed by atoms with Crippen LogP contribution in [0.1, 0.15) is 30.4 Å². The topological polar surface area (TPSA) is 81.0 Å². The minimum absolute atomic E-state index is 0.136. The van der Waals surface area contributed by atoms with Crippen molar-refractivity contribution in [1.82, 2.24) is 29.9 Å². The maximum atomic E-state index is 5.86. The molecular weight excluding hydrogens is 306 g/mol. The van der Waals surface area contributed by atoms with E-state index in [-0.39, 0.29) is 6.10 Å². The Morgan fingerprint density at radius 3 is 3.00 bits per heavy atom. The molecule has 128 valence electrons. The van der Waals surface area contributed by atoms with Crippen molar-refractivity contribution in [3.8, 4) is 0 Å². The predicted molar refractivity (Wildman–Crippen MR) is 88.5 cm³/mol. The smallest absolute Gasteiger partial charge is 0.148 e. The Bertz CT molecular complexity index is 670. The minimum atomic E-state index is 0.136. The van der Waals surface area contributed by atoms with Crippen LogP contribution in [0, 0.1) is 0 Å². The zero-order valence-electron chi connectivity index (χ0n) is 13.9. The molecule has 24 heavy (non-hydrogen) atoms. The van der Waals surface area contributed by atoms with Gasteiger partial charge >= 0.3 is 0 Å². The van der Waals surface area contributed by atoms with Gasteiger partial charge in [0.1, 0.15) is 17.5 Å². The van der Waals surface area contributed by atoms with Gasteiger partial charge in [0.25, 0.3) is 0 Å². The molecule has 0 spiro atoms. The summed E-state index contributed by atoms with van der Waals surface area (Å²) in [4.78, 5) is 2.38. The number of rotatable bonds is 6. The summed E-state index contributed by atoms with van der Waals surface area (Å²) in [5, 5.41) is 19.9. The van der Waals surface area contributed by atoms with Crippen molar-refractivity contribution < 1.29 is 4.74 Å². The molecule has 2 aromatic heterocycles. The second-order valence-corrected chi connectivity index (χ2v) is 6.53. The van der Waals surface area contributed by atoms with Crippen LogP contribution in [0.5, 0.6) is 0 Å². The van der Waals surface area contributed by atoms with Crippen molar-refractivity contribution in [2.75, 3.05) is 31.6 Å². The van der Waals surface area contributed by atoms with E-state index in [4.69, 9.17) is 4.74 Å². The van der Waals surface area contributed by atoms with E-state index in [1.165, 1.54) is 12.8 Å². The monoisotopic (exact) mass is 329 g/mol. The number of nitrogens with zero attached hydrogens (tertiary/aromatic N) is 6. The molecule has 0 radical (unpaired) electrons. The average molecular weight is 329 g/mol. The van der Waals surface area contributed by atoms with Gasteiger partial charge in [-0.1, -0.05) is 0 Å². The molecule has 0 aromatic carbocycles. The highest BCUT2D eigenvalue weighted by Crippen LogP contribution is 2.38. The summed E-state index contributed by atoms with van der Waals surface area (Å²) in [5.41, 5.74) is 0. The van der Waals surface area contributed by atoms with E-state index >= 15 is 0 Å². The van der Waals surface area contributed by atoms with Gasteiger partial charge in [-0.2, -0.15) is 5.10 Å². The van der Waals surface area contributed by atoms with Crippen LogP contribution in [0.15, 0.2) is 18.3 Å². The first kappa shape index (κ1) is 15.5. The second-order valence-electron chi connectivity index (χ2n) is 6.53. The van der Waals surface area contributed by atoms with Gasteiger partial charge in [0.15, 0.2) is 0 Å². The van der Waals surface area contributed by atoms with E-state index in [1.807, 2.05) is 12.1 Å². The molecular formula is C16H23N7O. The van der Waals surface area contributed by atoms with Crippen molar-refractivity contribution in [2.45, 2.75) is 31.4 Å². The SMILES string of the molecule is Cn1c(CN2CCO[C@@H](CNc3cccnn3)C2)nnc1C1CC1. The van der Waals surface area contributed by atoms with Crippen molar-refractivity contribution in [3.05, 3.63) is 30.0 Å². The molecule has 8 heteroatoms. The lowest BCUT2D eigenvalue weighted by Crippen LogP contribution is -2.45. The Labute approximate surface area is 141 Å². The summed E-state index contributed by atoms with van der Waals surface area (Å²) < 4.78 is 8.02. The molecule has 1 N–H and O–H groups in total. The van der Waals surface area contributed by atoms with Crippen molar-refractivity contribution in [1.29, 1.82) is 0 Å². The van der Waals surface area contributed by atoms with E-state index in [0.717, 1.165) is 50.3 Å². The van der Waals surface area contributed by atoms with Gasteiger partial charge in [0.2, 0.25) is 0 Å². The van der Waals surface area contributed by atoms with Gasteiger partial charge in [-0.15, -0.1) is 15.3 Å². The Kier molecular flexibility index (Phi) is 4.40. The number of nitrogens with one attached hydrogen (secondary N) is 1. The van der Waals surface area contributed by atoms with Crippen molar-refractivity contribution >= 4 is 5.82 Å². The summed E-state index contributed by atoms with van der Waals surface area (Å²) in [6, 6.07) is 3.78. The van der Waals surface area contributed by atoms with Crippen LogP contribution in [-0.2, 0) is 18.3 Å². The third-order valence-electron chi connectivity index (χ3n) is 4.61. The first-order chi connectivity index (χ1) is 11.8. The second kappa shape index (κ2) is 6.82. The van der Waals surface area contributed by atoms with Crippen LogP contribution in [0.4, 0.5) is 5.82 Å². The summed E-state index contributed by atoms with van der Waals surface area (Å²) in [6.45, 7) is 4.08. The Morgan fingerprint density at radius 2 is 2.21 bits per heavy atom. The third kappa shape index (κ3) is 3.54. The molecule has 0 amide bonds. The highest BCUT2D eigenvalue weighted by molar-refractivity contribution is 5.31. The van der Waals surface area contributed by atoms with E-state index in [9.17, 15) is 0 Å². The maximum Gasteiger partial charge on any atom is 0.148 e. The summed E-state index contributed by atoms with van der Waals surface area (Å²) in [7, 11) is 2.08. The highest BCUT2D eigenvalue weighted by atomic mass is 16.5. The molecule has 0 unspecified atom stereocenters. The Hall–Kier alpha value is -2.06. The minimum Gasteiger partial charge on any atom is -0.374 e. The fraction of sp³-hybridized carbons (Fsp3) is 0.625. The van der Waals surface area contributed by atoms with Crippen molar-refractivity contribution in [3.63, 3.8) is 0 Å². The van der Waals surface area contributed by atoms with Crippen molar-refractivity contribution in [2.24, 2.45) is 7.05 Å². The fourth-order valence-corrected chi connectivity index (χ4v) is 3.07. The number of morpholine rings is 1. The highest BCUT2D eigenvalue weighted by Gasteiger charge is 2.30. The standard InChI is InChI=1S/C16H23N7O/c1-22-15(20-21-16(22)12-4-5-12)11-23-7-8-24-13(10-23)9-17-14-3-2-6-18-19-14/h2-3,6,12-13H,4-5,7-11H2,1H3,(H,17,19)/t13-/m0/s1. The van der Waals surface area contributed by atoms with Gasteiger partial charge in [-0.05, 0) is 25.0 Å². The molecule has 8 nitrogen and oxygen atoms in total. The first-order valence-corrected chi connectivity index (χ1v) is 8.53. The molecule has 2 aromatic rings. The van der Waals surface area contributed by atoms with Crippen LogP contribution in [0.25, 0.3) is 0 Å². The summed E-state index contributed by atoms with van der Waals surface area (Å²) in [5.74, 6) is 3.59. The van der Waals surface area contributed by atoms with Crippen LogP contribution in [0.2, 0.25) is 0 Å². The fourth-order valence-electron chi connectivity index (χ4n) is 3.07. The number of anilines is 1. The normalized spacial score (nSPS) is 21.8. The van der Waals surface area contributed by atoms with Gasteiger partial charge in [-0.25, -0.2) is 0 Å². The molecule has 0 bridgehead atoms. The Balaban J connectivity index is 1.31. The quantitative estimate of drug-likeness (QED) is 0.839. The lowest BCUT2D eigenvalue weighted by Gasteiger charge is -2.32. The molecule has 1 saturated heterocycles. The molecule has 3 heterocycles. The summed E-state index contributed by atoms with van der Waals surface area (Å²) >= 11 is 0. The molecule has 1 aliphatic heterocycles. The zero-order valence-corrected chi connectivity index (χ0v) is 13.9. The van der Waals surface area contributed by atoms with Crippen LogP contribution >= 0.6 is 0 Å². The van der Waals surface area contributed by atoms with Gasteiger partial charge < -0.3 is 14.6 Å².